The van der Waals surface area contributed by atoms with Crippen molar-refractivity contribution in [3.05, 3.63) is 28.2 Å². The van der Waals surface area contributed by atoms with Crippen LogP contribution in [0, 0.1) is 0 Å². The van der Waals surface area contributed by atoms with Crippen LogP contribution in [0.1, 0.15) is 12.0 Å². The fraction of sp³-hybridized carbons (Fsp3) is 0.455. The molecule has 0 spiro atoms. The molecule has 96 valence electrons. The molecule has 0 heterocycles. The maximum absolute atomic E-state index is 12.0. The van der Waals surface area contributed by atoms with E-state index in [-0.39, 0.29) is 6.42 Å². The molecule has 0 aliphatic heterocycles. The molecule has 0 radical (unpaired) electrons. The molecule has 2 nitrogen and oxygen atoms in total. The van der Waals surface area contributed by atoms with Crippen LogP contribution >= 0.6 is 15.9 Å². The van der Waals surface area contributed by atoms with Crippen LogP contribution in [-0.4, -0.2) is 24.5 Å². The standard InChI is InChI=1S/C11H12BrF3O2/c1-17-10-3-2-7(5-9(10)12)4-8(16)6-11(13,14)15/h2-3,5,8,16H,4,6H2,1H3. The third-order valence-electron chi connectivity index (χ3n) is 2.15. The molecule has 1 aromatic rings. The monoisotopic (exact) mass is 312 g/mol. The van der Waals surface area contributed by atoms with Crippen LogP contribution in [0.15, 0.2) is 22.7 Å². The van der Waals surface area contributed by atoms with Gasteiger partial charge in [0.15, 0.2) is 0 Å². The molecule has 1 atom stereocenters. The van der Waals surface area contributed by atoms with Crippen LogP contribution in [0.2, 0.25) is 0 Å². The van der Waals surface area contributed by atoms with E-state index in [2.05, 4.69) is 15.9 Å². The Bertz CT molecular complexity index is 379. The predicted molar refractivity (Wildman–Crippen MR) is 61.1 cm³/mol. The SMILES string of the molecule is COc1ccc(CC(O)CC(F)(F)F)cc1Br. The second-order valence-corrected chi connectivity index (χ2v) is 4.50. The van der Waals surface area contributed by atoms with Crippen molar-refractivity contribution in [1.29, 1.82) is 0 Å². The summed E-state index contributed by atoms with van der Waals surface area (Å²) in [6.45, 7) is 0. The Hall–Kier alpha value is -0.750. The second-order valence-electron chi connectivity index (χ2n) is 3.65. The molecule has 0 aliphatic rings. The Balaban J connectivity index is 2.66. The number of aliphatic hydroxyl groups is 1. The molecule has 0 aromatic heterocycles. The van der Waals surface area contributed by atoms with Crippen LogP contribution < -0.4 is 4.74 Å². The summed E-state index contributed by atoms with van der Waals surface area (Å²) < 4.78 is 41.7. The highest BCUT2D eigenvalue weighted by Gasteiger charge is 2.31. The topological polar surface area (TPSA) is 29.5 Å². The molecule has 1 rings (SSSR count). The molecule has 0 saturated heterocycles. The number of rotatable bonds is 4. The zero-order valence-corrected chi connectivity index (χ0v) is 10.7. The summed E-state index contributed by atoms with van der Waals surface area (Å²) in [6.07, 6.45) is -7.00. The van der Waals surface area contributed by atoms with Crippen LogP contribution in [0.25, 0.3) is 0 Å². The summed E-state index contributed by atoms with van der Waals surface area (Å²) in [5.74, 6) is 0.596. The van der Waals surface area contributed by atoms with Gasteiger partial charge in [-0.15, -0.1) is 0 Å². The number of halogens is 4. The number of hydrogen-bond donors (Lipinski definition) is 1. The second kappa shape index (κ2) is 5.73. The van der Waals surface area contributed by atoms with Crippen LogP contribution in [0.5, 0.6) is 5.75 Å². The van der Waals surface area contributed by atoms with E-state index in [0.29, 0.717) is 15.8 Å². The first-order chi connectivity index (χ1) is 7.81. The third-order valence-corrected chi connectivity index (χ3v) is 2.77. The highest BCUT2D eigenvalue weighted by atomic mass is 79.9. The maximum atomic E-state index is 12.0. The molecule has 0 amide bonds. The number of aliphatic hydroxyl groups excluding tert-OH is 1. The van der Waals surface area contributed by atoms with Gasteiger partial charge in [-0.05, 0) is 40.0 Å². The number of alkyl halides is 3. The van der Waals surface area contributed by atoms with E-state index in [1.807, 2.05) is 0 Å². The van der Waals surface area contributed by atoms with E-state index in [4.69, 9.17) is 4.74 Å². The minimum atomic E-state index is -4.34. The Morgan fingerprint density at radius 2 is 2.06 bits per heavy atom. The molecule has 17 heavy (non-hydrogen) atoms. The van der Waals surface area contributed by atoms with Gasteiger partial charge in [-0.1, -0.05) is 6.07 Å². The first-order valence-electron chi connectivity index (χ1n) is 4.89. The zero-order chi connectivity index (χ0) is 13.1. The Kier molecular flexibility index (Phi) is 4.82. The molecule has 0 aliphatic carbocycles. The van der Waals surface area contributed by atoms with Gasteiger partial charge in [0.25, 0.3) is 0 Å². The van der Waals surface area contributed by atoms with E-state index in [1.54, 1.807) is 18.2 Å². The normalized spacial score (nSPS) is 13.5. The van der Waals surface area contributed by atoms with Gasteiger partial charge in [-0.3, -0.25) is 0 Å². The van der Waals surface area contributed by atoms with E-state index >= 15 is 0 Å². The highest BCUT2D eigenvalue weighted by Crippen LogP contribution is 2.27. The van der Waals surface area contributed by atoms with Crippen LogP contribution in [-0.2, 0) is 6.42 Å². The fourth-order valence-electron chi connectivity index (χ4n) is 1.45. The number of benzene rings is 1. The van der Waals surface area contributed by atoms with Crippen molar-refractivity contribution in [1.82, 2.24) is 0 Å². The number of methoxy groups -OCH3 is 1. The third kappa shape index (κ3) is 4.95. The van der Waals surface area contributed by atoms with Gasteiger partial charge in [0.05, 0.1) is 24.1 Å². The fourth-order valence-corrected chi connectivity index (χ4v) is 2.04. The Morgan fingerprint density at radius 3 is 2.53 bits per heavy atom. The maximum Gasteiger partial charge on any atom is 0.391 e. The lowest BCUT2D eigenvalue weighted by Crippen LogP contribution is -2.21. The van der Waals surface area contributed by atoms with Crippen molar-refractivity contribution < 1.29 is 23.0 Å². The summed E-state index contributed by atoms with van der Waals surface area (Å²) in [6, 6.07) is 4.90. The molecule has 1 aromatic carbocycles. The van der Waals surface area contributed by atoms with E-state index in [0.717, 1.165) is 0 Å². The summed E-state index contributed by atoms with van der Waals surface area (Å²) >= 11 is 3.23. The molecule has 6 heteroatoms. The quantitative estimate of drug-likeness (QED) is 0.924. The number of hydrogen-bond acceptors (Lipinski definition) is 2. The molecule has 0 fully saturated rings. The summed E-state index contributed by atoms with van der Waals surface area (Å²) in [5.41, 5.74) is 0.620. The van der Waals surface area contributed by atoms with Crippen LogP contribution in [0.4, 0.5) is 13.2 Å². The predicted octanol–water partition coefficient (Wildman–Crippen LogP) is 3.31. The summed E-state index contributed by atoms with van der Waals surface area (Å²) in [5, 5.41) is 9.29. The van der Waals surface area contributed by atoms with Crippen molar-refractivity contribution >= 4 is 15.9 Å². The van der Waals surface area contributed by atoms with E-state index < -0.39 is 18.7 Å². The smallest absolute Gasteiger partial charge is 0.391 e. The van der Waals surface area contributed by atoms with Crippen molar-refractivity contribution in [3.8, 4) is 5.75 Å². The summed E-state index contributed by atoms with van der Waals surface area (Å²) in [4.78, 5) is 0. The number of ether oxygens (including phenoxy) is 1. The first-order valence-corrected chi connectivity index (χ1v) is 5.68. The van der Waals surface area contributed by atoms with Gasteiger partial charge < -0.3 is 9.84 Å². The van der Waals surface area contributed by atoms with Gasteiger partial charge >= 0.3 is 6.18 Å². The Morgan fingerprint density at radius 1 is 1.41 bits per heavy atom. The average molecular weight is 313 g/mol. The van der Waals surface area contributed by atoms with Crippen molar-refractivity contribution in [2.75, 3.05) is 7.11 Å². The molecular weight excluding hydrogens is 301 g/mol. The molecule has 0 bridgehead atoms. The molecule has 1 N–H and O–H groups in total. The zero-order valence-electron chi connectivity index (χ0n) is 9.09. The highest BCUT2D eigenvalue weighted by molar-refractivity contribution is 9.10. The Labute approximate surface area is 106 Å². The molecule has 0 saturated carbocycles. The largest absolute Gasteiger partial charge is 0.496 e. The lowest BCUT2D eigenvalue weighted by molar-refractivity contribution is -0.153. The minimum Gasteiger partial charge on any atom is -0.496 e. The van der Waals surface area contributed by atoms with E-state index in [9.17, 15) is 18.3 Å². The first kappa shape index (κ1) is 14.3. The average Bonchev–Trinajstić information content (AvgIpc) is 2.14. The van der Waals surface area contributed by atoms with Crippen molar-refractivity contribution in [2.24, 2.45) is 0 Å². The summed E-state index contributed by atoms with van der Waals surface area (Å²) in [7, 11) is 1.50. The van der Waals surface area contributed by atoms with Gasteiger partial charge in [0.2, 0.25) is 0 Å². The molecule has 1 unspecified atom stereocenters. The lowest BCUT2D eigenvalue weighted by Gasteiger charge is -2.13. The molecular formula is C11H12BrF3O2. The van der Waals surface area contributed by atoms with Gasteiger partial charge in [-0.2, -0.15) is 13.2 Å². The van der Waals surface area contributed by atoms with Gasteiger partial charge in [0.1, 0.15) is 5.75 Å². The van der Waals surface area contributed by atoms with Gasteiger partial charge in [0, 0.05) is 0 Å². The lowest BCUT2D eigenvalue weighted by atomic mass is 10.1. The van der Waals surface area contributed by atoms with Crippen molar-refractivity contribution in [2.45, 2.75) is 25.1 Å². The van der Waals surface area contributed by atoms with Gasteiger partial charge in [-0.25, -0.2) is 0 Å². The minimum absolute atomic E-state index is 0.0396. The van der Waals surface area contributed by atoms with Crippen molar-refractivity contribution in [3.63, 3.8) is 0 Å². The van der Waals surface area contributed by atoms with Crippen LogP contribution in [0.3, 0.4) is 0 Å². The van der Waals surface area contributed by atoms with E-state index in [1.165, 1.54) is 7.11 Å².